The highest BCUT2D eigenvalue weighted by atomic mass is 79.9. The van der Waals surface area contributed by atoms with Crippen LogP contribution in [-0.4, -0.2) is 10.9 Å². The monoisotopic (exact) mass is 320 g/mol. The second-order valence-corrected chi connectivity index (χ2v) is 4.90. The number of nitrogens with zero attached hydrogens (tertiary/aromatic N) is 1. The lowest BCUT2D eigenvalue weighted by molar-refractivity contribution is 0.102. The van der Waals surface area contributed by atoms with Gasteiger partial charge in [0.25, 0.3) is 5.91 Å². The van der Waals surface area contributed by atoms with E-state index in [2.05, 4.69) is 31.7 Å². The summed E-state index contributed by atoms with van der Waals surface area (Å²) < 4.78 is 0.910. The van der Waals surface area contributed by atoms with E-state index >= 15 is 0 Å². The average Bonchev–Trinajstić information content (AvgIpc) is 2.43. The maximum atomic E-state index is 12.1. The van der Waals surface area contributed by atoms with Crippen LogP contribution in [0.4, 0.5) is 11.5 Å². The summed E-state index contributed by atoms with van der Waals surface area (Å²) in [6, 6.07) is 8.93. The maximum absolute atomic E-state index is 12.1. The van der Waals surface area contributed by atoms with Gasteiger partial charge in [0.2, 0.25) is 0 Å². The van der Waals surface area contributed by atoms with Gasteiger partial charge in [-0.2, -0.15) is 0 Å². The fourth-order valence-corrected chi connectivity index (χ4v) is 1.94. The highest BCUT2D eigenvalue weighted by Crippen LogP contribution is 2.21. The Labute approximate surface area is 119 Å². The predicted molar refractivity (Wildman–Crippen MR) is 78.9 cm³/mol. The molecule has 1 aromatic heterocycles. The molecule has 0 atom stereocenters. The Balaban J connectivity index is 2.22. The van der Waals surface area contributed by atoms with E-state index in [9.17, 15) is 4.79 Å². The Hall–Kier alpha value is -1.92. The number of rotatable bonds is 3. The van der Waals surface area contributed by atoms with Gasteiger partial charge in [0.05, 0.1) is 0 Å². The molecule has 19 heavy (non-hydrogen) atoms. The number of anilines is 2. The summed E-state index contributed by atoms with van der Waals surface area (Å²) >= 11 is 3.38. The van der Waals surface area contributed by atoms with Gasteiger partial charge >= 0.3 is 0 Å². The first-order chi connectivity index (χ1) is 9.10. The second-order valence-electron chi connectivity index (χ2n) is 3.99. The van der Waals surface area contributed by atoms with Crippen molar-refractivity contribution in [3.05, 3.63) is 52.1 Å². The van der Waals surface area contributed by atoms with Gasteiger partial charge in [-0.15, -0.1) is 0 Å². The number of nitrogens with one attached hydrogen (secondary N) is 2. The van der Waals surface area contributed by atoms with Crippen LogP contribution in [0.1, 0.15) is 15.9 Å². The standard InChI is InChI=1S/C13H13BrN4O/c1-8-2-3-10(14)7-11(8)17-13(19)9-4-5-16-12(6-9)18-15/h2-7H,15H2,1H3,(H,16,18)(H,17,19). The van der Waals surface area contributed by atoms with Crippen LogP contribution in [0.15, 0.2) is 41.0 Å². The lowest BCUT2D eigenvalue weighted by Gasteiger charge is -2.09. The first-order valence-electron chi connectivity index (χ1n) is 5.60. The van der Waals surface area contributed by atoms with Gasteiger partial charge < -0.3 is 10.7 Å². The molecule has 0 radical (unpaired) electrons. The van der Waals surface area contributed by atoms with E-state index in [4.69, 9.17) is 5.84 Å². The zero-order chi connectivity index (χ0) is 13.8. The number of nitrogens with two attached hydrogens (primary N) is 1. The molecule has 5 nitrogen and oxygen atoms in total. The molecular weight excluding hydrogens is 308 g/mol. The minimum absolute atomic E-state index is 0.208. The molecule has 1 amide bonds. The average molecular weight is 321 g/mol. The highest BCUT2D eigenvalue weighted by molar-refractivity contribution is 9.10. The van der Waals surface area contributed by atoms with Crippen LogP contribution in [0, 0.1) is 6.92 Å². The third-order valence-corrected chi connectivity index (χ3v) is 3.11. The van der Waals surface area contributed by atoms with Gasteiger partial charge in [-0.3, -0.25) is 4.79 Å². The highest BCUT2D eigenvalue weighted by Gasteiger charge is 2.09. The number of carbonyl (C=O) groups excluding carboxylic acids is 1. The van der Waals surface area contributed by atoms with Crippen molar-refractivity contribution in [3.63, 3.8) is 0 Å². The lowest BCUT2D eigenvalue weighted by atomic mass is 10.2. The molecule has 0 bridgehead atoms. The van der Waals surface area contributed by atoms with Crippen LogP contribution >= 0.6 is 15.9 Å². The van der Waals surface area contributed by atoms with Crippen molar-refractivity contribution in [3.8, 4) is 0 Å². The largest absolute Gasteiger partial charge is 0.322 e. The molecule has 0 aliphatic heterocycles. The fourth-order valence-electron chi connectivity index (χ4n) is 1.57. The Bertz CT molecular complexity index is 615. The van der Waals surface area contributed by atoms with E-state index in [-0.39, 0.29) is 5.91 Å². The first kappa shape index (κ1) is 13.5. The van der Waals surface area contributed by atoms with Crippen molar-refractivity contribution in [1.29, 1.82) is 0 Å². The van der Waals surface area contributed by atoms with E-state index in [1.807, 2.05) is 25.1 Å². The molecular formula is C13H13BrN4O. The van der Waals surface area contributed by atoms with Crippen LogP contribution in [0.2, 0.25) is 0 Å². The molecule has 2 aromatic rings. The molecule has 1 heterocycles. The van der Waals surface area contributed by atoms with Gasteiger partial charge in [0.1, 0.15) is 5.82 Å². The number of hydrazine groups is 1. The van der Waals surface area contributed by atoms with Crippen LogP contribution in [-0.2, 0) is 0 Å². The van der Waals surface area contributed by atoms with Gasteiger partial charge in [0, 0.05) is 21.9 Å². The second kappa shape index (κ2) is 5.81. The number of hydrogen-bond donors (Lipinski definition) is 3. The van der Waals surface area contributed by atoms with Gasteiger partial charge in [0.15, 0.2) is 0 Å². The molecule has 98 valence electrons. The number of halogens is 1. The third kappa shape index (κ3) is 3.30. The Morgan fingerprint density at radius 3 is 2.84 bits per heavy atom. The molecule has 0 aliphatic carbocycles. The summed E-state index contributed by atoms with van der Waals surface area (Å²) in [6.07, 6.45) is 1.53. The molecule has 4 N–H and O–H groups in total. The van der Waals surface area contributed by atoms with Gasteiger partial charge in [-0.05, 0) is 36.8 Å². The molecule has 0 saturated heterocycles. The van der Waals surface area contributed by atoms with Crippen LogP contribution in [0.3, 0.4) is 0 Å². The minimum Gasteiger partial charge on any atom is -0.322 e. The third-order valence-electron chi connectivity index (χ3n) is 2.62. The van der Waals surface area contributed by atoms with Crippen LogP contribution in [0.25, 0.3) is 0 Å². The molecule has 0 spiro atoms. The summed E-state index contributed by atoms with van der Waals surface area (Å²) in [7, 11) is 0. The Kier molecular flexibility index (Phi) is 4.13. The summed E-state index contributed by atoms with van der Waals surface area (Å²) in [5.74, 6) is 5.50. The summed E-state index contributed by atoms with van der Waals surface area (Å²) in [5.41, 5.74) is 4.65. The smallest absolute Gasteiger partial charge is 0.255 e. The van der Waals surface area contributed by atoms with Crippen molar-refractivity contribution in [2.75, 3.05) is 10.7 Å². The molecule has 0 saturated carbocycles. The zero-order valence-electron chi connectivity index (χ0n) is 10.3. The summed E-state index contributed by atoms with van der Waals surface area (Å²) in [5, 5.41) is 2.85. The number of carbonyl (C=O) groups is 1. The summed E-state index contributed by atoms with van der Waals surface area (Å²) in [6.45, 7) is 1.93. The predicted octanol–water partition coefficient (Wildman–Crippen LogP) is 2.69. The molecule has 0 fully saturated rings. The number of amides is 1. The first-order valence-corrected chi connectivity index (χ1v) is 6.39. The van der Waals surface area contributed by atoms with Gasteiger partial charge in [-0.1, -0.05) is 22.0 Å². The molecule has 2 rings (SSSR count). The van der Waals surface area contributed by atoms with Crippen molar-refractivity contribution < 1.29 is 4.79 Å². The van der Waals surface area contributed by atoms with E-state index < -0.39 is 0 Å². The van der Waals surface area contributed by atoms with Gasteiger partial charge in [-0.25, -0.2) is 10.8 Å². The van der Waals surface area contributed by atoms with E-state index in [0.29, 0.717) is 11.4 Å². The maximum Gasteiger partial charge on any atom is 0.255 e. The number of aryl methyl sites for hydroxylation is 1. The fraction of sp³-hybridized carbons (Fsp3) is 0.0769. The molecule has 0 aliphatic rings. The van der Waals surface area contributed by atoms with Crippen molar-refractivity contribution in [2.45, 2.75) is 6.92 Å². The van der Waals surface area contributed by atoms with Crippen LogP contribution in [0.5, 0.6) is 0 Å². The minimum atomic E-state index is -0.208. The van der Waals surface area contributed by atoms with E-state index in [0.717, 1.165) is 15.7 Å². The van der Waals surface area contributed by atoms with E-state index in [1.54, 1.807) is 12.1 Å². The molecule has 1 aromatic carbocycles. The molecule has 6 heteroatoms. The normalized spacial score (nSPS) is 10.1. The topological polar surface area (TPSA) is 80.0 Å². The number of nitrogen functional groups attached to an aromatic ring is 1. The lowest BCUT2D eigenvalue weighted by Crippen LogP contribution is -2.14. The quantitative estimate of drug-likeness (QED) is 0.600. The van der Waals surface area contributed by atoms with Crippen molar-refractivity contribution >= 4 is 33.3 Å². The zero-order valence-corrected chi connectivity index (χ0v) is 11.9. The van der Waals surface area contributed by atoms with E-state index in [1.165, 1.54) is 6.20 Å². The van der Waals surface area contributed by atoms with Crippen molar-refractivity contribution in [2.24, 2.45) is 5.84 Å². The Morgan fingerprint density at radius 2 is 2.11 bits per heavy atom. The number of benzene rings is 1. The number of pyridine rings is 1. The number of aromatic nitrogens is 1. The van der Waals surface area contributed by atoms with Crippen molar-refractivity contribution in [1.82, 2.24) is 4.98 Å². The Morgan fingerprint density at radius 1 is 1.32 bits per heavy atom. The SMILES string of the molecule is Cc1ccc(Br)cc1NC(=O)c1ccnc(NN)c1. The summed E-state index contributed by atoms with van der Waals surface area (Å²) in [4.78, 5) is 16.1. The molecule has 0 unspecified atom stereocenters. The number of hydrogen-bond acceptors (Lipinski definition) is 4. The van der Waals surface area contributed by atoms with Crippen LogP contribution < -0.4 is 16.6 Å².